The van der Waals surface area contributed by atoms with Crippen LogP contribution in [0.3, 0.4) is 0 Å². The Kier molecular flexibility index (Phi) is 6.45. The summed E-state index contributed by atoms with van der Waals surface area (Å²) in [5.41, 5.74) is 3.59. The monoisotopic (exact) mass is 372 g/mol. The fraction of sp³-hybridized carbons (Fsp3) is 0.333. The van der Waals surface area contributed by atoms with Gasteiger partial charge >= 0.3 is 5.97 Å². The molecule has 0 aromatic heterocycles. The van der Waals surface area contributed by atoms with Crippen LogP contribution in [0.4, 0.5) is 0 Å². The Morgan fingerprint density at radius 2 is 1.33 bits per heavy atom. The molecule has 0 bridgehead atoms. The van der Waals surface area contributed by atoms with Crippen LogP contribution < -0.4 is 14.2 Å². The summed E-state index contributed by atoms with van der Waals surface area (Å²) in [7, 11) is 4.39. The molecule has 6 heteroatoms. The van der Waals surface area contributed by atoms with E-state index in [1.807, 2.05) is 32.9 Å². The minimum absolute atomic E-state index is 0.203. The number of rotatable bonds is 7. The number of aryl methyl sites for hydroxylation is 3. The predicted molar refractivity (Wildman–Crippen MR) is 101 cm³/mol. The van der Waals surface area contributed by atoms with Gasteiger partial charge in [-0.15, -0.1) is 0 Å². The molecule has 2 aromatic carbocycles. The molecule has 0 heterocycles. The molecule has 0 unspecified atom stereocenters. The SMILES string of the molecule is COc1cc(C(=O)OCC(=O)c2c(C)cc(C)cc2C)cc(OC)c1OC. The van der Waals surface area contributed by atoms with Crippen molar-refractivity contribution in [3.63, 3.8) is 0 Å². The molecule has 6 nitrogen and oxygen atoms in total. The molecule has 0 saturated carbocycles. The van der Waals surface area contributed by atoms with Gasteiger partial charge in [-0.2, -0.15) is 0 Å². The van der Waals surface area contributed by atoms with Gasteiger partial charge in [-0.25, -0.2) is 4.79 Å². The molecule has 0 amide bonds. The zero-order chi connectivity index (χ0) is 20.1. The van der Waals surface area contributed by atoms with E-state index in [4.69, 9.17) is 18.9 Å². The van der Waals surface area contributed by atoms with Crippen LogP contribution in [-0.4, -0.2) is 39.7 Å². The first-order chi connectivity index (χ1) is 12.8. The highest BCUT2D eigenvalue weighted by molar-refractivity contribution is 6.01. The smallest absolute Gasteiger partial charge is 0.338 e. The van der Waals surface area contributed by atoms with Gasteiger partial charge in [-0.1, -0.05) is 17.7 Å². The molecule has 0 radical (unpaired) electrons. The standard InChI is InChI=1S/C21H24O6/c1-12-7-13(2)19(14(3)8-12)16(22)11-27-21(23)15-9-17(24-4)20(26-6)18(10-15)25-5/h7-10H,11H2,1-6H3. The molecular formula is C21H24O6. The number of hydrogen-bond acceptors (Lipinski definition) is 6. The quantitative estimate of drug-likeness (QED) is 0.545. The second-order valence-corrected chi connectivity index (χ2v) is 6.19. The van der Waals surface area contributed by atoms with Gasteiger partial charge < -0.3 is 18.9 Å². The summed E-state index contributed by atoms with van der Waals surface area (Å²) in [6.45, 7) is 5.36. The minimum Gasteiger partial charge on any atom is -0.493 e. The van der Waals surface area contributed by atoms with Crippen molar-refractivity contribution in [1.82, 2.24) is 0 Å². The molecule has 0 spiro atoms. The van der Waals surface area contributed by atoms with Crippen LogP contribution in [0.5, 0.6) is 17.2 Å². The Hall–Kier alpha value is -3.02. The lowest BCUT2D eigenvalue weighted by molar-refractivity contribution is 0.0473. The van der Waals surface area contributed by atoms with E-state index in [-0.39, 0.29) is 18.0 Å². The van der Waals surface area contributed by atoms with Gasteiger partial charge in [-0.3, -0.25) is 4.79 Å². The Morgan fingerprint density at radius 1 is 0.815 bits per heavy atom. The van der Waals surface area contributed by atoms with Crippen molar-refractivity contribution >= 4 is 11.8 Å². The lowest BCUT2D eigenvalue weighted by atomic mass is 9.97. The van der Waals surface area contributed by atoms with E-state index in [0.29, 0.717) is 22.8 Å². The molecule has 0 fully saturated rings. The number of Topliss-reactive ketones (excluding diaryl/α,β-unsaturated/α-hetero) is 1. The zero-order valence-corrected chi connectivity index (χ0v) is 16.5. The maximum Gasteiger partial charge on any atom is 0.338 e. The van der Waals surface area contributed by atoms with Crippen LogP contribution in [0.25, 0.3) is 0 Å². The van der Waals surface area contributed by atoms with Crippen molar-refractivity contribution in [1.29, 1.82) is 0 Å². The lowest BCUT2D eigenvalue weighted by Gasteiger charge is -2.14. The zero-order valence-electron chi connectivity index (χ0n) is 16.5. The number of benzene rings is 2. The predicted octanol–water partition coefficient (Wildman–Crippen LogP) is 3.68. The minimum atomic E-state index is -0.648. The molecule has 144 valence electrons. The Morgan fingerprint density at radius 3 is 1.78 bits per heavy atom. The first kappa shape index (κ1) is 20.3. The van der Waals surface area contributed by atoms with Gasteiger partial charge in [-0.05, 0) is 44.0 Å². The molecule has 2 rings (SSSR count). The summed E-state index contributed by atoms with van der Waals surface area (Å²) < 4.78 is 20.9. The molecule has 0 atom stereocenters. The van der Waals surface area contributed by atoms with Crippen molar-refractivity contribution in [2.75, 3.05) is 27.9 Å². The number of ketones is 1. The normalized spacial score (nSPS) is 10.3. The van der Waals surface area contributed by atoms with E-state index in [1.54, 1.807) is 0 Å². The summed E-state index contributed by atoms with van der Waals surface area (Å²) in [5.74, 6) is 0.148. The third-order valence-electron chi connectivity index (χ3n) is 4.19. The molecule has 0 aliphatic heterocycles. The number of carbonyl (C=O) groups excluding carboxylic acids is 2. The van der Waals surface area contributed by atoms with Crippen LogP contribution in [0, 0.1) is 20.8 Å². The largest absolute Gasteiger partial charge is 0.493 e. The Labute approximate surface area is 159 Å². The number of ether oxygens (including phenoxy) is 4. The van der Waals surface area contributed by atoms with Gasteiger partial charge in [0.25, 0.3) is 0 Å². The summed E-state index contributed by atoms with van der Waals surface area (Å²) in [6, 6.07) is 6.83. The van der Waals surface area contributed by atoms with E-state index in [2.05, 4.69) is 0 Å². The number of carbonyl (C=O) groups is 2. The van der Waals surface area contributed by atoms with Crippen LogP contribution >= 0.6 is 0 Å². The second-order valence-electron chi connectivity index (χ2n) is 6.19. The fourth-order valence-corrected chi connectivity index (χ4v) is 3.11. The van der Waals surface area contributed by atoms with Gasteiger partial charge in [0.2, 0.25) is 11.5 Å². The highest BCUT2D eigenvalue weighted by Gasteiger charge is 2.20. The average molecular weight is 372 g/mol. The highest BCUT2D eigenvalue weighted by Crippen LogP contribution is 2.38. The first-order valence-electron chi connectivity index (χ1n) is 8.40. The maximum absolute atomic E-state index is 12.5. The van der Waals surface area contributed by atoms with Crippen molar-refractivity contribution in [3.8, 4) is 17.2 Å². The van der Waals surface area contributed by atoms with Gasteiger partial charge in [0.1, 0.15) is 0 Å². The van der Waals surface area contributed by atoms with Gasteiger partial charge in [0.15, 0.2) is 18.1 Å². The molecular weight excluding hydrogens is 348 g/mol. The van der Waals surface area contributed by atoms with E-state index in [9.17, 15) is 9.59 Å². The summed E-state index contributed by atoms with van der Waals surface area (Å²) in [4.78, 5) is 24.9. The lowest BCUT2D eigenvalue weighted by Crippen LogP contribution is -2.16. The summed E-state index contributed by atoms with van der Waals surface area (Å²) in [6.07, 6.45) is 0. The van der Waals surface area contributed by atoms with E-state index in [0.717, 1.165) is 16.7 Å². The van der Waals surface area contributed by atoms with Crippen molar-refractivity contribution < 1.29 is 28.5 Å². The summed E-state index contributed by atoms with van der Waals surface area (Å²) in [5, 5.41) is 0. The molecule has 0 saturated heterocycles. The topological polar surface area (TPSA) is 71.1 Å². The summed E-state index contributed by atoms with van der Waals surface area (Å²) >= 11 is 0. The van der Waals surface area contributed by atoms with Crippen LogP contribution in [-0.2, 0) is 4.74 Å². The van der Waals surface area contributed by atoms with Gasteiger partial charge in [0.05, 0.1) is 26.9 Å². The number of esters is 1. The van der Waals surface area contributed by atoms with Crippen molar-refractivity contribution in [3.05, 3.63) is 52.1 Å². The number of methoxy groups -OCH3 is 3. The Balaban J connectivity index is 2.20. The van der Waals surface area contributed by atoms with E-state index in [1.165, 1.54) is 33.5 Å². The van der Waals surface area contributed by atoms with Crippen molar-refractivity contribution in [2.45, 2.75) is 20.8 Å². The van der Waals surface area contributed by atoms with E-state index < -0.39 is 5.97 Å². The fourth-order valence-electron chi connectivity index (χ4n) is 3.11. The highest BCUT2D eigenvalue weighted by atomic mass is 16.5. The second kappa shape index (κ2) is 8.58. The molecule has 0 aliphatic rings. The first-order valence-corrected chi connectivity index (χ1v) is 8.40. The van der Waals surface area contributed by atoms with Crippen molar-refractivity contribution in [2.24, 2.45) is 0 Å². The third kappa shape index (κ3) is 4.39. The molecule has 2 aromatic rings. The Bertz CT molecular complexity index is 821. The van der Waals surface area contributed by atoms with E-state index >= 15 is 0 Å². The third-order valence-corrected chi connectivity index (χ3v) is 4.19. The van der Waals surface area contributed by atoms with Gasteiger partial charge in [0, 0.05) is 5.56 Å². The molecule has 27 heavy (non-hydrogen) atoms. The average Bonchev–Trinajstić information content (AvgIpc) is 2.63. The number of hydrogen-bond donors (Lipinski definition) is 0. The van der Waals surface area contributed by atoms with Crippen LogP contribution in [0.1, 0.15) is 37.4 Å². The van der Waals surface area contributed by atoms with Crippen LogP contribution in [0.15, 0.2) is 24.3 Å². The molecule has 0 aliphatic carbocycles. The maximum atomic E-state index is 12.5. The molecule has 0 N–H and O–H groups in total. The van der Waals surface area contributed by atoms with Crippen LogP contribution in [0.2, 0.25) is 0 Å².